The van der Waals surface area contributed by atoms with Gasteiger partial charge in [0.25, 0.3) is 0 Å². The average molecular weight is 414 g/mol. The quantitative estimate of drug-likeness (QED) is 0.485. The number of nitrogens with zero attached hydrogens (tertiary/aromatic N) is 2. The zero-order valence-corrected chi connectivity index (χ0v) is 15.6. The second kappa shape index (κ2) is 9.07. The molecule has 27 heavy (non-hydrogen) atoms. The van der Waals surface area contributed by atoms with Crippen molar-refractivity contribution >= 4 is 21.8 Å². The molecule has 2 heterocycles. The molecule has 0 spiro atoms. The van der Waals surface area contributed by atoms with E-state index >= 15 is 0 Å². The minimum Gasteiger partial charge on any atom is -0.506 e. The van der Waals surface area contributed by atoms with Crippen LogP contribution in [0, 0.1) is 0 Å². The van der Waals surface area contributed by atoms with Crippen LogP contribution in [0.3, 0.4) is 0 Å². The summed E-state index contributed by atoms with van der Waals surface area (Å²) in [7, 11) is 3.10. The summed E-state index contributed by atoms with van der Waals surface area (Å²) in [6.07, 6.45) is 0. The molecule has 1 radical (unpaired) electrons. The summed E-state index contributed by atoms with van der Waals surface area (Å²) in [6, 6.07) is 17.8. The molecule has 141 valence electrons. The summed E-state index contributed by atoms with van der Waals surface area (Å²) < 4.78 is 9.91. The summed E-state index contributed by atoms with van der Waals surface area (Å²) in [5.41, 5.74) is 1.14. The Balaban J connectivity index is 0.000000187. The van der Waals surface area contributed by atoms with Gasteiger partial charge in [-0.05, 0) is 24.3 Å². The van der Waals surface area contributed by atoms with Crippen LogP contribution in [0.2, 0.25) is 0 Å². The summed E-state index contributed by atoms with van der Waals surface area (Å²) >= 11 is 0. The molecule has 6 nitrogen and oxygen atoms in total. The molecule has 2 N–H and O–H groups in total. The summed E-state index contributed by atoms with van der Waals surface area (Å²) in [5, 5.41) is 20.8. The second-order valence-corrected chi connectivity index (χ2v) is 5.40. The van der Waals surface area contributed by atoms with Gasteiger partial charge in [-0.2, -0.15) is 0 Å². The first-order chi connectivity index (χ1) is 12.6. The molecule has 0 aliphatic carbocycles. The third-order valence-corrected chi connectivity index (χ3v) is 3.77. The van der Waals surface area contributed by atoms with E-state index in [1.165, 1.54) is 0 Å². The minimum absolute atomic E-state index is 0. The van der Waals surface area contributed by atoms with Gasteiger partial charge in [0.05, 0.1) is 14.2 Å². The van der Waals surface area contributed by atoms with Crippen molar-refractivity contribution in [3.05, 3.63) is 60.7 Å². The molecule has 0 amide bonds. The number of pyridine rings is 2. The van der Waals surface area contributed by atoms with Crippen molar-refractivity contribution in [3.63, 3.8) is 0 Å². The zero-order chi connectivity index (χ0) is 18.5. The van der Waals surface area contributed by atoms with E-state index in [1.54, 1.807) is 50.6 Å². The third kappa shape index (κ3) is 4.58. The summed E-state index contributed by atoms with van der Waals surface area (Å²) in [4.78, 5) is 8.24. The maximum Gasteiger partial charge on any atom is 2.00 e. The van der Waals surface area contributed by atoms with Gasteiger partial charge in [-0.3, -0.25) is 0 Å². The maximum absolute atomic E-state index is 9.47. The molecule has 0 unspecified atom stereocenters. The van der Waals surface area contributed by atoms with Crippen LogP contribution in [0.1, 0.15) is 0 Å². The fourth-order valence-corrected chi connectivity index (χ4v) is 2.45. The van der Waals surface area contributed by atoms with Crippen LogP contribution in [0.15, 0.2) is 60.7 Å². The molecular weight excluding hydrogens is 396 g/mol. The van der Waals surface area contributed by atoms with Crippen molar-refractivity contribution in [2.45, 2.75) is 0 Å². The van der Waals surface area contributed by atoms with Crippen LogP contribution in [0.4, 0.5) is 0 Å². The van der Waals surface area contributed by atoms with Crippen LogP contribution in [0.5, 0.6) is 23.3 Å². The van der Waals surface area contributed by atoms with Gasteiger partial charge in [0.2, 0.25) is 11.8 Å². The molecular formula is C20H18CuN2O4+2. The van der Waals surface area contributed by atoms with Crippen LogP contribution in [-0.4, -0.2) is 34.4 Å². The number of para-hydroxylation sites is 2. The van der Waals surface area contributed by atoms with E-state index in [9.17, 15) is 10.2 Å². The van der Waals surface area contributed by atoms with E-state index in [0.717, 1.165) is 10.8 Å². The van der Waals surface area contributed by atoms with Gasteiger partial charge in [-0.1, -0.05) is 24.3 Å². The van der Waals surface area contributed by atoms with Crippen molar-refractivity contribution in [1.29, 1.82) is 0 Å². The number of ether oxygens (including phenoxy) is 2. The smallest absolute Gasteiger partial charge is 0.506 e. The largest absolute Gasteiger partial charge is 2.00 e. The van der Waals surface area contributed by atoms with Gasteiger partial charge >= 0.3 is 17.1 Å². The number of methoxy groups -OCH3 is 2. The van der Waals surface area contributed by atoms with Crippen molar-refractivity contribution in [2.75, 3.05) is 14.2 Å². The standard InChI is InChI=1S/2C10H9NO2.Cu/c2*1-13-9-6-5-7-3-2-4-8(12)10(7)11-9;/h2*2-6,12H,1H3;/q;;+2. The Kier molecular flexibility index (Phi) is 6.82. The first kappa shape index (κ1) is 20.3. The first-order valence-corrected chi connectivity index (χ1v) is 7.88. The average Bonchev–Trinajstić information content (AvgIpc) is 2.69. The normalized spacial score (nSPS) is 9.85. The summed E-state index contributed by atoms with van der Waals surface area (Å²) in [5.74, 6) is 1.37. The van der Waals surface area contributed by atoms with Crippen LogP contribution < -0.4 is 9.47 Å². The van der Waals surface area contributed by atoms with Crippen molar-refractivity contribution in [1.82, 2.24) is 9.97 Å². The zero-order valence-electron chi connectivity index (χ0n) is 14.7. The molecule has 0 atom stereocenters. The number of phenolic OH excluding ortho intramolecular Hbond substituents is 2. The van der Waals surface area contributed by atoms with Gasteiger partial charge in [0.1, 0.15) is 22.5 Å². The number of fused-ring (bicyclic) bond motifs is 2. The monoisotopic (exact) mass is 413 g/mol. The molecule has 0 bridgehead atoms. The van der Waals surface area contributed by atoms with Crippen LogP contribution >= 0.6 is 0 Å². The summed E-state index contributed by atoms with van der Waals surface area (Å²) in [6.45, 7) is 0. The molecule has 0 aliphatic heterocycles. The SMILES string of the molecule is COc1ccc2cccc(O)c2n1.COc1ccc2cccc(O)c2n1.[Cu+2]. The number of aromatic nitrogens is 2. The van der Waals surface area contributed by atoms with E-state index in [0.29, 0.717) is 22.8 Å². The molecule has 0 saturated carbocycles. The Morgan fingerprint density at radius 1 is 0.630 bits per heavy atom. The van der Waals surface area contributed by atoms with E-state index < -0.39 is 0 Å². The fraction of sp³-hybridized carbons (Fsp3) is 0.100. The fourth-order valence-electron chi connectivity index (χ4n) is 2.45. The predicted octanol–water partition coefficient (Wildman–Crippen LogP) is 3.90. The van der Waals surface area contributed by atoms with Gasteiger partial charge < -0.3 is 19.7 Å². The number of hydrogen-bond donors (Lipinski definition) is 2. The molecule has 0 aliphatic rings. The van der Waals surface area contributed by atoms with E-state index in [4.69, 9.17) is 9.47 Å². The Morgan fingerprint density at radius 3 is 1.41 bits per heavy atom. The maximum atomic E-state index is 9.47. The number of aromatic hydroxyl groups is 2. The minimum atomic E-state index is 0. The Morgan fingerprint density at radius 2 is 1.04 bits per heavy atom. The van der Waals surface area contributed by atoms with Crippen LogP contribution in [0.25, 0.3) is 21.8 Å². The number of rotatable bonds is 2. The Hall–Kier alpha value is -3.02. The Labute approximate surface area is 166 Å². The molecule has 0 fully saturated rings. The number of hydrogen-bond acceptors (Lipinski definition) is 6. The Bertz CT molecular complexity index is 971. The molecule has 4 rings (SSSR count). The van der Waals surface area contributed by atoms with E-state index in [1.807, 2.05) is 24.3 Å². The van der Waals surface area contributed by atoms with Crippen LogP contribution in [-0.2, 0) is 17.1 Å². The number of phenols is 2. The van der Waals surface area contributed by atoms with E-state index in [2.05, 4.69) is 9.97 Å². The topological polar surface area (TPSA) is 84.7 Å². The van der Waals surface area contributed by atoms with Crippen molar-refractivity contribution in [3.8, 4) is 23.3 Å². The van der Waals surface area contributed by atoms with Gasteiger partial charge in [-0.25, -0.2) is 9.97 Å². The first-order valence-electron chi connectivity index (χ1n) is 7.88. The van der Waals surface area contributed by atoms with Gasteiger partial charge in [-0.15, -0.1) is 0 Å². The predicted molar refractivity (Wildman–Crippen MR) is 99.9 cm³/mol. The molecule has 4 aromatic rings. The molecule has 2 aromatic heterocycles. The van der Waals surface area contributed by atoms with E-state index in [-0.39, 0.29) is 28.6 Å². The molecule has 0 saturated heterocycles. The molecule has 7 heteroatoms. The number of benzene rings is 2. The third-order valence-electron chi connectivity index (χ3n) is 3.77. The van der Waals surface area contributed by atoms with Gasteiger partial charge in [0, 0.05) is 22.9 Å². The van der Waals surface area contributed by atoms with Crippen molar-refractivity contribution < 1.29 is 36.8 Å². The van der Waals surface area contributed by atoms with Crippen molar-refractivity contribution in [2.24, 2.45) is 0 Å². The second-order valence-electron chi connectivity index (χ2n) is 5.40. The van der Waals surface area contributed by atoms with Gasteiger partial charge in [0.15, 0.2) is 0 Å². The molecule has 2 aromatic carbocycles.